The molecule has 152 valence electrons. The van der Waals surface area contributed by atoms with Crippen molar-refractivity contribution in [3.63, 3.8) is 0 Å². The van der Waals surface area contributed by atoms with E-state index >= 15 is 0 Å². The van der Waals surface area contributed by atoms with E-state index in [0.29, 0.717) is 28.7 Å². The molecule has 0 aliphatic rings. The lowest BCUT2D eigenvalue weighted by Gasteiger charge is -2.15. The molecule has 0 radical (unpaired) electrons. The second-order valence-electron chi connectivity index (χ2n) is 6.58. The highest BCUT2D eigenvalue weighted by Crippen LogP contribution is 2.24. The molecule has 4 aromatic rings. The number of H-pyrrole nitrogens is 1. The average Bonchev–Trinajstić information content (AvgIpc) is 3.38. The number of ether oxygens (including phenoxy) is 1. The number of carbonyl (C=O) groups excluding carboxylic acids is 1. The van der Waals surface area contributed by atoms with Gasteiger partial charge in [-0.1, -0.05) is 18.2 Å². The molecular weight excluding hydrogens is 386 g/mol. The van der Waals surface area contributed by atoms with Gasteiger partial charge in [0, 0.05) is 17.8 Å². The van der Waals surface area contributed by atoms with Crippen molar-refractivity contribution in [2.24, 2.45) is 0 Å². The van der Waals surface area contributed by atoms with Crippen LogP contribution in [-0.2, 0) is 4.79 Å². The third-order valence-electron chi connectivity index (χ3n) is 4.22. The standard InChI is InChI=1S/C21H19N5O4/c1-13-11-19(27)24-21(22-13)26-18(12-16(25-26)17-9-6-10-29-17)23-20(28)14(2)30-15-7-4-3-5-8-15/h3-12,14H,1-2H3,(H,23,28)(H,22,24,27). The first kappa shape index (κ1) is 19.2. The SMILES string of the molecule is Cc1cc(=O)[nH]c(-n2nc(-c3ccco3)cc2NC(=O)C(C)Oc2ccccc2)n1. The van der Waals surface area contributed by atoms with Gasteiger partial charge >= 0.3 is 0 Å². The number of nitrogens with zero attached hydrogens (tertiary/aromatic N) is 3. The number of hydrogen-bond acceptors (Lipinski definition) is 6. The van der Waals surface area contributed by atoms with Crippen molar-refractivity contribution in [2.45, 2.75) is 20.0 Å². The molecule has 1 unspecified atom stereocenters. The Morgan fingerprint density at radius 2 is 2.00 bits per heavy atom. The zero-order valence-electron chi connectivity index (χ0n) is 16.3. The number of amides is 1. The first-order chi connectivity index (χ1) is 14.5. The molecule has 1 atom stereocenters. The number of hydrogen-bond donors (Lipinski definition) is 2. The minimum Gasteiger partial charge on any atom is -0.481 e. The molecule has 30 heavy (non-hydrogen) atoms. The fraction of sp³-hybridized carbons (Fsp3) is 0.143. The number of carbonyl (C=O) groups is 1. The Hall–Kier alpha value is -4.14. The van der Waals surface area contributed by atoms with Crippen molar-refractivity contribution in [3.8, 4) is 23.2 Å². The van der Waals surface area contributed by atoms with Crippen molar-refractivity contribution in [1.82, 2.24) is 19.7 Å². The van der Waals surface area contributed by atoms with E-state index in [9.17, 15) is 9.59 Å². The maximum atomic E-state index is 12.7. The van der Waals surface area contributed by atoms with Crippen LogP contribution in [-0.4, -0.2) is 31.8 Å². The fourth-order valence-corrected chi connectivity index (χ4v) is 2.82. The third kappa shape index (κ3) is 4.14. The van der Waals surface area contributed by atoms with Gasteiger partial charge in [-0.05, 0) is 38.1 Å². The van der Waals surface area contributed by atoms with Crippen molar-refractivity contribution < 1.29 is 13.9 Å². The Balaban J connectivity index is 1.65. The molecule has 3 aromatic heterocycles. The summed E-state index contributed by atoms with van der Waals surface area (Å²) >= 11 is 0. The first-order valence-electron chi connectivity index (χ1n) is 9.24. The summed E-state index contributed by atoms with van der Waals surface area (Å²) in [5.41, 5.74) is 0.656. The lowest BCUT2D eigenvalue weighted by Crippen LogP contribution is -2.31. The van der Waals surface area contributed by atoms with Crippen LogP contribution in [0.25, 0.3) is 17.4 Å². The molecule has 1 amide bonds. The summed E-state index contributed by atoms with van der Waals surface area (Å²) in [5.74, 6) is 1.18. The molecule has 3 heterocycles. The summed E-state index contributed by atoms with van der Waals surface area (Å²) in [6.45, 7) is 3.34. The maximum Gasteiger partial charge on any atom is 0.266 e. The van der Waals surface area contributed by atoms with Crippen molar-refractivity contribution >= 4 is 11.7 Å². The van der Waals surface area contributed by atoms with Gasteiger partial charge in [0.2, 0.25) is 5.95 Å². The molecule has 1 aromatic carbocycles. The van der Waals surface area contributed by atoms with Gasteiger partial charge in [-0.15, -0.1) is 0 Å². The number of nitrogens with one attached hydrogen (secondary N) is 2. The lowest BCUT2D eigenvalue weighted by molar-refractivity contribution is -0.122. The van der Waals surface area contributed by atoms with Gasteiger partial charge in [0.1, 0.15) is 17.3 Å². The van der Waals surface area contributed by atoms with Gasteiger partial charge in [-0.3, -0.25) is 14.6 Å². The van der Waals surface area contributed by atoms with Crippen LogP contribution in [0.2, 0.25) is 0 Å². The van der Waals surface area contributed by atoms with Crippen molar-refractivity contribution in [3.05, 3.63) is 76.9 Å². The predicted octanol–water partition coefficient (Wildman–Crippen LogP) is 2.93. The third-order valence-corrected chi connectivity index (χ3v) is 4.22. The quantitative estimate of drug-likeness (QED) is 0.510. The number of rotatable bonds is 6. The predicted molar refractivity (Wildman–Crippen MR) is 110 cm³/mol. The molecule has 0 aliphatic heterocycles. The summed E-state index contributed by atoms with van der Waals surface area (Å²) in [6, 6.07) is 15.5. The summed E-state index contributed by atoms with van der Waals surface area (Å²) in [7, 11) is 0. The van der Waals surface area contributed by atoms with Gasteiger partial charge in [-0.2, -0.15) is 9.78 Å². The number of para-hydroxylation sites is 1. The van der Waals surface area contributed by atoms with Crippen molar-refractivity contribution in [2.75, 3.05) is 5.32 Å². The van der Waals surface area contributed by atoms with E-state index < -0.39 is 6.10 Å². The maximum absolute atomic E-state index is 12.7. The smallest absolute Gasteiger partial charge is 0.266 e. The molecule has 9 heteroatoms. The molecule has 0 fully saturated rings. The van der Waals surface area contributed by atoms with Gasteiger partial charge in [0.15, 0.2) is 11.9 Å². The van der Waals surface area contributed by atoms with E-state index in [0.717, 1.165) is 0 Å². The molecule has 2 N–H and O–H groups in total. The largest absolute Gasteiger partial charge is 0.481 e. The highest BCUT2D eigenvalue weighted by Gasteiger charge is 2.20. The number of anilines is 1. The van der Waals surface area contributed by atoms with E-state index in [-0.39, 0.29) is 17.4 Å². The number of furan rings is 1. The number of aromatic nitrogens is 4. The minimum absolute atomic E-state index is 0.171. The molecule has 0 aliphatic carbocycles. The lowest BCUT2D eigenvalue weighted by atomic mass is 10.3. The van der Waals surface area contributed by atoms with Crippen LogP contribution >= 0.6 is 0 Å². The Labute approximate surface area is 171 Å². The Bertz CT molecular complexity index is 1210. The van der Waals surface area contributed by atoms with Gasteiger partial charge in [-0.25, -0.2) is 4.98 Å². The second kappa shape index (κ2) is 8.08. The van der Waals surface area contributed by atoms with Crippen LogP contribution < -0.4 is 15.6 Å². The highest BCUT2D eigenvalue weighted by molar-refractivity contribution is 5.94. The van der Waals surface area contributed by atoms with E-state index in [1.165, 1.54) is 17.0 Å². The van der Waals surface area contributed by atoms with Gasteiger partial charge in [0.05, 0.1) is 6.26 Å². The van der Waals surface area contributed by atoms with E-state index in [4.69, 9.17) is 9.15 Å². The molecule has 4 rings (SSSR count). The summed E-state index contributed by atoms with van der Waals surface area (Å²) in [6.07, 6.45) is 0.752. The van der Waals surface area contributed by atoms with Gasteiger partial charge in [0.25, 0.3) is 11.5 Å². The second-order valence-corrected chi connectivity index (χ2v) is 6.58. The molecule has 0 saturated carbocycles. The highest BCUT2D eigenvalue weighted by atomic mass is 16.5. The van der Waals surface area contributed by atoms with Crippen LogP contribution in [0.5, 0.6) is 5.75 Å². The fourth-order valence-electron chi connectivity index (χ4n) is 2.82. The topological polar surface area (TPSA) is 115 Å². The Morgan fingerprint density at radius 1 is 1.20 bits per heavy atom. The molecular formula is C21H19N5O4. The molecule has 0 saturated heterocycles. The van der Waals surface area contributed by atoms with Crippen LogP contribution in [0.15, 0.2) is 70.1 Å². The molecule has 0 spiro atoms. The normalized spacial score (nSPS) is 11.8. The Morgan fingerprint density at radius 3 is 2.70 bits per heavy atom. The van der Waals surface area contributed by atoms with Gasteiger partial charge < -0.3 is 14.5 Å². The average molecular weight is 405 g/mol. The summed E-state index contributed by atoms with van der Waals surface area (Å²) in [5, 5.41) is 7.22. The summed E-state index contributed by atoms with van der Waals surface area (Å²) < 4.78 is 12.4. The number of aryl methyl sites for hydroxylation is 1. The van der Waals surface area contributed by atoms with E-state index in [1.807, 2.05) is 18.2 Å². The van der Waals surface area contributed by atoms with E-state index in [2.05, 4.69) is 20.4 Å². The minimum atomic E-state index is -0.771. The van der Waals surface area contributed by atoms with E-state index in [1.54, 1.807) is 44.2 Å². The molecule has 9 nitrogen and oxygen atoms in total. The first-order valence-corrected chi connectivity index (χ1v) is 9.24. The van der Waals surface area contributed by atoms with Crippen LogP contribution in [0.4, 0.5) is 5.82 Å². The number of aromatic amines is 1. The van der Waals surface area contributed by atoms with Crippen molar-refractivity contribution in [1.29, 1.82) is 0 Å². The van der Waals surface area contributed by atoms with Crippen LogP contribution in [0, 0.1) is 6.92 Å². The van der Waals surface area contributed by atoms with Crippen LogP contribution in [0.3, 0.4) is 0 Å². The molecule has 0 bridgehead atoms. The zero-order valence-corrected chi connectivity index (χ0v) is 16.3. The summed E-state index contributed by atoms with van der Waals surface area (Å²) in [4.78, 5) is 31.6. The van der Waals surface area contributed by atoms with Crippen LogP contribution in [0.1, 0.15) is 12.6 Å². The Kier molecular flexibility index (Phi) is 5.17. The zero-order chi connectivity index (χ0) is 21.1. The monoisotopic (exact) mass is 405 g/mol. The number of benzene rings is 1.